The molecule has 56 valence electrons. The van der Waals surface area contributed by atoms with Gasteiger partial charge in [-0.2, -0.15) is 0 Å². The molecule has 10 heavy (non-hydrogen) atoms. The Balaban J connectivity index is 2.42. The van der Waals surface area contributed by atoms with Crippen LogP contribution in [-0.4, -0.2) is 23.2 Å². The van der Waals surface area contributed by atoms with Gasteiger partial charge in [-0.1, -0.05) is 0 Å². The number of thiazole rings is 1. The molecule has 0 radical (unpaired) electrons. The average molecular weight is 158 g/mol. The molecule has 2 N–H and O–H groups in total. The average Bonchev–Trinajstić information content (AvgIpc) is 2.31. The van der Waals surface area contributed by atoms with Crippen LogP contribution in [0.25, 0.3) is 0 Å². The van der Waals surface area contributed by atoms with Gasteiger partial charge in [-0.15, -0.1) is 11.3 Å². The van der Waals surface area contributed by atoms with E-state index in [9.17, 15) is 0 Å². The van der Waals surface area contributed by atoms with E-state index in [0.29, 0.717) is 6.54 Å². The molecule has 0 aliphatic carbocycles. The molecule has 0 unspecified atom stereocenters. The number of nitrogens with one attached hydrogen (secondary N) is 1. The maximum atomic E-state index is 8.45. The van der Waals surface area contributed by atoms with Gasteiger partial charge in [-0.3, -0.25) is 0 Å². The highest BCUT2D eigenvalue weighted by molar-refractivity contribution is 7.13. The first-order valence-corrected chi connectivity index (χ1v) is 3.98. The third kappa shape index (κ3) is 1.97. The molecule has 0 bridgehead atoms. The van der Waals surface area contributed by atoms with E-state index in [1.54, 1.807) is 11.3 Å². The van der Waals surface area contributed by atoms with Crippen LogP contribution >= 0.6 is 11.3 Å². The minimum Gasteiger partial charge on any atom is -0.395 e. The molecule has 0 atom stereocenters. The fraction of sp³-hybridized carbons (Fsp3) is 0.500. The van der Waals surface area contributed by atoms with Crippen molar-refractivity contribution in [1.82, 2.24) is 4.98 Å². The molecular formula is C6H10N2OS. The summed E-state index contributed by atoms with van der Waals surface area (Å²) in [6.45, 7) is 2.67. The first-order chi connectivity index (χ1) is 4.83. The lowest BCUT2D eigenvalue weighted by atomic mass is 10.6. The fourth-order valence-electron chi connectivity index (χ4n) is 0.598. The van der Waals surface area contributed by atoms with Gasteiger partial charge in [0.1, 0.15) is 0 Å². The summed E-state index contributed by atoms with van der Waals surface area (Å²) in [6, 6.07) is 0. The Bertz CT molecular complexity index is 199. The predicted molar refractivity (Wildman–Crippen MR) is 42.4 cm³/mol. The van der Waals surface area contributed by atoms with E-state index in [0.717, 1.165) is 10.8 Å². The molecule has 1 rings (SSSR count). The van der Waals surface area contributed by atoms with E-state index in [2.05, 4.69) is 10.3 Å². The summed E-state index contributed by atoms with van der Waals surface area (Å²) in [5.74, 6) is 0. The third-order valence-electron chi connectivity index (χ3n) is 1.01. The van der Waals surface area contributed by atoms with Crippen molar-refractivity contribution in [1.29, 1.82) is 0 Å². The van der Waals surface area contributed by atoms with Gasteiger partial charge in [0.05, 0.1) is 12.3 Å². The van der Waals surface area contributed by atoms with Gasteiger partial charge in [-0.25, -0.2) is 4.98 Å². The molecule has 0 saturated heterocycles. The predicted octanol–water partition coefficient (Wildman–Crippen LogP) is 0.856. The van der Waals surface area contributed by atoms with Crippen molar-refractivity contribution in [3.05, 3.63) is 11.1 Å². The summed E-state index contributed by atoms with van der Waals surface area (Å²) in [5.41, 5.74) is 1.02. The number of aromatic nitrogens is 1. The zero-order chi connectivity index (χ0) is 7.40. The Hall–Kier alpha value is -0.610. The number of hydrogen-bond donors (Lipinski definition) is 2. The number of nitrogens with zero attached hydrogens (tertiary/aromatic N) is 1. The van der Waals surface area contributed by atoms with Gasteiger partial charge in [-0.05, 0) is 6.92 Å². The van der Waals surface area contributed by atoms with Crippen LogP contribution in [0.5, 0.6) is 0 Å². The van der Waals surface area contributed by atoms with Crippen LogP contribution in [0.1, 0.15) is 5.69 Å². The molecule has 4 heteroatoms. The van der Waals surface area contributed by atoms with E-state index < -0.39 is 0 Å². The van der Waals surface area contributed by atoms with E-state index in [4.69, 9.17) is 5.11 Å². The maximum Gasteiger partial charge on any atom is 0.182 e. The maximum absolute atomic E-state index is 8.45. The van der Waals surface area contributed by atoms with E-state index in [1.807, 2.05) is 12.3 Å². The molecule has 3 nitrogen and oxygen atoms in total. The lowest BCUT2D eigenvalue weighted by Gasteiger charge is -1.95. The van der Waals surface area contributed by atoms with Crippen molar-refractivity contribution < 1.29 is 5.11 Å². The molecule has 1 heterocycles. The molecule has 0 aromatic carbocycles. The number of aryl methyl sites for hydroxylation is 1. The molecule has 0 spiro atoms. The van der Waals surface area contributed by atoms with Gasteiger partial charge in [0.15, 0.2) is 5.13 Å². The number of aliphatic hydroxyl groups excluding tert-OH is 1. The van der Waals surface area contributed by atoms with Crippen LogP contribution in [0.2, 0.25) is 0 Å². The van der Waals surface area contributed by atoms with Crippen molar-refractivity contribution in [3.63, 3.8) is 0 Å². The molecule has 1 aromatic rings. The van der Waals surface area contributed by atoms with Crippen LogP contribution in [0, 0.1) is 6.92 Å². The molecule has 0 aliphatic rings. The Morgan fingerprint density at radius 3 is 3.10 bits per heavy atom. The zero-order valence-corrected chi connectivity index (χ0v) is 6.61. The smallest absolute Gasteiger partial charge is 0.182 e. The highest BCUT2D eigenvalue weighted by Gasteiger charge is 1.94. The van der Waals surface area contributed by atoms with E-state index in [-0.39, 0.29) is 6.61 Å². The van der Waals surface area contributed by atoms with Gasteiger partial charge in [0, 0.05) is 11.9 Å². The van der Waals surface area contributed by atoms with Gasteiger partial charge in [0.25, 0.3) is 0 Å². The van der Waals surface area contributed by atoms with Crippen LogP contribution in [0.15, 0.2) is 5.38 Å². The summed E-state index contributed by atoms with van der Waals surface area (Å²) in [6.07, 6.45) is 0. The molecule has 0 amide bonds. The van der Waals surface area contributed by atoms with Gasteiger partial charge in [0.2, 0.25) is 0 Å². The van der Waals surface area contributed by atoms with Gasteiger partial charge < -0.3 is 10.4 Å². The van der Waals surface area contributed by atoms with E-state index in [1.165, 1.54) is 0 Å². The van der Waals surface area contributed by atoms with Gasteiger partial charge >= 0.3 is 0 Å². The third-order valence-corrected chi connectivity index (χ3v) is 1.92. The summed E-state index contributed by atoms with van der Waals surface area (Å²) >= 11 is 1.56. The summed E-state index contributed by atoms with van der Waals surface area (Å²) in [5, 5.41) is 14.3. The standard InChI is InChI=1S/C6H10N2OS/c1-5-4-10-6(8-5)7-2-3-9/h4,9H,2-3H2,1H3,(H,7,8). The van der Waals surface area contributed by atoms with Crippen molar-refractivity contribution in [2.24, 2.45) is 0 Å². The van der Waals surface area contributed by atoms with Crippen molar-refractivity contribution in [2.45, 2.75) is 6.92 Å². The Kier molecular flexibility index (Phi) is 2.65. The van der Waals surface area contributed by atoms with Crippen LogP contribution in [0.4, 0.5) is 5.13 Å². The number of rotatable bonds is 3. The van der Waals surface area contributed by atoms with Crippen LogP contribution in [-0.2, 0) is 0 Å². The topological polar surface area (TPSA) is 45.1 Å². The molecular weight excluding hydrogens is 148 g/mol. The lowest BCUT2D eigenvalue weighted by molar-refractivity contribution is 0.311. The Labute approximate surface area is 63.7 Å². The number of hydrogen-bond acceptors (Lipinski definition) is 4. The van der Waals surface area contributed by atoms with Crippen molar-refractivity contribution in [3.8, 4) is 0 Å². The number of aliphatic hydroxyl groups is 1. The lowest BCUT2D eigenvalue weighted by Crippen LogP contribution is -2.04. The van der Waals surface area contributed by atoms with Crippen molar-refractivity contribution in [2.75, 3.05) is 18.5 Å². The number of anilines is 1. The van der Waals surface area contributed by atoms with Crippen LogP contribution < -0.4 is 5.32 Å². The normalized spacial score (nSPS) is 9.80. The second kappa shape index (κ2) is 3.53. The first-order valence-electron chi connectivity index (χ1n) is 3.10. The molecule has 0 aliphatic heterocycles. The largest absolute Gasteiger partial charge is 0.395 e. The monoisotopic (exact) mass is 158 g/mol. The first kappa shape index (κ1) is 7.50. The Morgan fingerprint density at radius 1 is 1.80 bits per heavy atom. The second-order valence-corrected chi connectivity index (χ2v) is 2.80. The molecule has 0 saturated carbocycles. The fourth-order valence-corrected chi connectivity index (χ4v) is 1.31. The van der Waals surface area contributed by atoms with Crippen molar-refractivity contribution >= 4 is 16.5 Å². The minimum atomic E-state index is 0.151. The second-order valence-electron chi connectivity index (χ2n) is 1.94. The minimum absolute atomic E-state index is 0.151. The van der Waals surface area contributed by atoms with Crippen LogP contribution in [0.3, 0.4) is 0 Å². The molecule has 1 aromatic heterocycles. The zero-order valence-electron chi connectivity index (χ0n) is 5.79. The SMILES string of the molecule is Cc1csc(NCCO)n1. The highest BCUT2D eigenvalue weighted by atomic mass is 32.1. The van der Waals surface area contributed by atoms with E-state index >= 15 is 0 Å². The summed E-state index contributed by atoms with van der Waals surface area (Å²) < 4.78 is 0. The Morgan fingerprint density at radius 2 is 2.60 bits per heavy atom. The summed E-state index contributed by atoms with van der Waals surface area (Å²) in [4.78, 5) is 4.14. The quantitative estimate of drug-likeness (QED) is 0.685. The molecule has 0 fully saturated rings. The summed E-state index contributed by atoms with van der Waals surface area (Å²) in [7, 11) is 0. The highest BCUT2D eigenvalue weighted by Crippen LogP contribution is 2.13.